The SMILES string of the molecule is CCCC(N)C(C)(C)OC(C)=O. The Bertz CT molecular complexity index is 155. The molecule has 0 aliphatic carbocycles. The van der Waals surface area contributed by atoms with E-state index in [-0.39, 0.29) is 12.0 Å². The van der Waals surface area contributed by atoms with Gasteiger partial charge in [0.1, 0.15) is 5.60 Å². The van der Waals surface area contributed by atoms with Gasteiger partial charge in [0.05, 0.1) is 0 Å². The van der Waals surface area contributed by atoms with Crippen molar-refractivity contribution in [3.63, 3.8) is 0 Å². The molecular formula is C9H19NO2. The van der Waals surface area contributed by atoms with Crippen LogP contribution in [0.4, 0.5) is 0 Å². The van der Waals surface area contributed by atoms with Crippen LogP contribution in [0, 0.1) is 0 Å². The lowest BCUT2D eigenvalue weighted by Gasteiger charge is -2.30. The van der Waals surface area contributed by atoms with E-state index in [2.05, 4.69) is 6.92 Å². The molecule has 0 aliphatic rings. The second-order valence-corrected chi connectivity index (χ2v) is 3.59. The zero-order valence-corrected chi connectivity index (χ0v) is 8.39. The van der Waals surface area contributed by atoms with Gasteiger partial charge in [0, 0.05) is 13.0 Å². The number of rotatable bonds is 4. The van der Waals surface area contributed by atoms with Crippen LogP contribution < -0.4 is 5.73 Å². The molecular weight excluding hydrogens is 154 g/mol. The molecule has 1 atom stereocenters. The van der Waals surface area contributed by atoms with Crippen molar-refractivity contribution in [2.24, 2.45) is 5.73 Å². The van der Waals surface area contributed by atoms with Gasteiger partial charge in [-0.3, -0.25) is 4.79 Å². The molecule has 0 rings (SSSR count). The van der Waals surface area contributed by atoms with E-state index in [1.165, 1.54) is 6.92 Å². The minimum atomic E-state index is -0.540. The number of hydrogen-bond acceptors (Lipinski definition) is 3. The van der Waals surface area contributed by atoms with Gasteiger partial charge in [0.15, 0.2) is 0 Å². The molecule has 0 bridgehead atoms. The summed E-state index contributed by atoms with van der Waals surface area (Å²) in [6.45, 7) is 7.15. The average Bonchev–Trinajstić information content (AvgIpc) is 1.85. The van der Waals surface area contributed by atoms with E-state index >= 15 is 0 Å². The van der Waals surface area contributed by atoms with Crippen molar-refractivity contribution in [3.8, 4) is 0 Å². The van der Waals surface area contributed by atoms with Crippen molar-refractivity contribution in [3.05, 3.63) is 0 Å². The Labute approximate surface area is 74.3 Å². The molecule has 0 aromatic carbocycles. The van der Waals surface area contributed by atoms with Crippen LogP contribution in [-0.2, 0) is 9.53 Å². The summed E-state index contributed by atoms with van der Waals surface area (Å²) >= 11 is 0. The van der Waals surface area contributed by atoms with Crippen molar-refractivity contribution < 1.29 is 9.53 Å². The van der Waals surface area contributed by atoms with Gasteiger partial charge in [-0.1, -0.05) is 13.3 Å². The van der Waals surface area contributed by atoms with Crippen molar-refractivity contribution in [2.45, 2.75) is 52.2 Å². The van der Waals surface area contributed by atoms with Crippen LogP contribution in [0.2, 0.25) is 0 Å². The quantitative estimate of drug-likeness (QED) is 0.655. The smallest absolute Gasteiger partial charge is 0.303 e. The second-order valence-electron chi connectivity index (χ2n) is 3.59. The van der Waals surface area contributed by atoms with Gasteiger partial charge in [-0.2, -0.15) is 0 Å². The summed E-state index contributed by atoms with van der Waals surface area (Å²) in [6.07, 6.45) is 1.88. The highest BCUT2D eigenvalue weighted by Gasteiger charge is 2.28. The van der Waals surface area contributed by atoms with Gasteiger partial charge in [-0.25, -0.2) is 0 Å². The lowest BCUT2D eigenvalue weighted by molar-refractivity contribution is -0.155. The molecule has 0 amide bonds. The zero-order chi connectivity index (χ0) is 9.78. The van der Waals surface area contributed by atoms with Gasteiger partial charge in [-0.05, 0) is 20.3 Å². The van der Waals surface area contributed by atoms with Crippen LogP contribution >= 0.6 is 0 Å². The molecule has 0 aromatic heterocycles. The Morgan fingerprint density at radius 2 is 2.08 bits per heavy atom. The zero-order valence-electron chi connectivity index (χ0n) is 8.39. The van der Waals surface area contributed by atoms with Crippen LogP contribution in [-0.4, -0.2) is 17.6 Å². The summed E-state index contributed by atoms with van der Waals surface area (Å²) in [4.78, 5) is 10.7. The maximum atomic E-state index is 10.7. The highest BCUT2D eigenvalue weighted by Crippen LogP contribution is 2.16. The summed E-state index contributed by atoms with van der Waals surface area (Å²) in [5.41, 5.74) is 5.29. The molecule has 0 aliphatic heterocycles. The first-order valence-corrected chi connectivity index (χ1v) is 4.35. The lowest BCUT2D eigenvalue weighted by Crippen LogP contribution is -2.46. The van der Waals surface area contributed by atoms with Crippen LogP contribution in [0.1, 0.15) is 40.5 Å². The van der Waals surface area contributed by atoms with Gasteiger partial charge in [-0.15, -0.1) is 0 Å². The van der Waals surface area contributed by atoms with Crippen molar-refractivity contribution >= 4 is 5.97 Å². The van der Waals surface area contributed by atoms with Gasteiger partial charge in [0.25, 0.3) is 0 Å². The van der Waals surface area contributed by atoms with Crippen molar-refractivity contribution in [1.82, 2.24) is 0 Å². The standard InChI is InChI=1S/C9H19NO2/c1-5-6-8(10)9(3,4)12-7(2)11/h8H,5-6,10H2,1-4H3. The Balaban J connectivity index is 4.07. The molecule has 1 unspecified atom stereocenters. The number of ether oxygens (including phenoxy) is 1. The van der Waals surface area contributed by atoms with E-state index in [4.69, 9.17) is 10.5 Å². The van der Waals surface area contributed by atoms with E-state index < -0.39 is 5.60 Å². The van der Waals surface area contributed by atoms with Crippen molar-refractivity contribution in [1.29, 1.82) is 0 Å². The van der Waals surface area contributed by atoms with Crippen LogP contribution in [0.3, 0.4) is 0 Å². The highest BCUT2D eigenvalue weighted by molar-refractivity contribution is 5.66. The Morgan fingerprint density at radius 1 is 1.58 bits per heavy atom. The lowest BCUT2D eigenvalue weighted by atomic mass is 9.95. The summed E-state index contributed by atoms with van der Waals surface area (Å²) in [6, 6.07) is -0.0774. The van der Waals surface area contributed by atoms with E-state index in [1.54, 1.807) is 0 Å². The first-order valence-electron chi connectivity index (χ1n) is 4.35. The fourth-order valence-corrected chi connectivity index (χ4v) is 1.10. The van der Waals surface area contributed by atoms with Gasteiger partial charge < -0.3 is 10.5 Å². The fraction of sp³-hybridized carbons (Fsp3) is 0.889. The van der Waals surface area contributed by atoms with E-state index in [1.807, 2.05) is 13.8 Å². The topological polar surface area (TPSA) is 52.3 Å². The van der Waals surface area contributed by atoms with E-state index in [0.29, 0.717) is 0 Å². The minimum absolute atomic E-state index is 0.0774. The number of carbonyl (C=O) groups excluding carboxylic acids is 1. The summed E-state index contributed by atoms with van der Waals surface area (Å²) < 4.78 is 5.09. The first kappa shape index (κ1) is 11.4. The molecule has 0 radical (unpaired) electrons. The van der Waals surface area contributed by atoms with Crippen LogP contribution in [0.5, 0.6) is 0 Å². The molecule has 0 aromatic rings. The molecule has 12 heavy (non-hydrogen) atoms. The molecule has 2 N–H and O–H groups in total. The predicted molar refractivity (Wildman–Crippen MR) is 48.7 cm³/mol. The maximum absolute atomic E-state index is 10.7. The largest absolute Gasteiger partial charge is 0.458 e. The summed E-state index contributed by atoms with van der Waals surface area (Å²) in [5, 5.41) is 0. The van der Waals surface area contributed by atoms with E-state index in [9.17, 15) is 4.79 Å². The molecule has 0 heterocycles. The fourth-order valence-electron chi connectivity index (χ4n) is 1.10. The minimum Gasteiger partial charge on any atom is -0.458 e. The third kappa shape index (κ3) is 3.72. The van der Waals surface area contributed by atoms with Crippen molar-refractivity contribution in [2.75, 3.05) is 0 Å². The molecule has 0 spiro atoms. The third-order valence-corrected chi connectivity index (χ3v) is 1.90. The molecule has 0 saturated heterocycles. The highest BCUT2D eigenvalue weighted by atomic mass is 16.6. The average molecular weight is 173 g/mol. The Kier molecular flexibility index (Phi) is 4.24. The van der Waals surface area contributed by atoms with Crippen LogP contribution in [0.25, 0.3) is 0 Å². The van der Waals surface area contributed by atoms with E-state index in [0.717, 1.165) is 12.8 Å². The summed E-state index contributed by atoms with van der Waals surface area (Å²) in [7, 11) is 0. The summed E-state index contributed by atoms with van der Waals surface area (Å²) in [5.74, 6) is -0.272. The number of nitrogens with two attached hydrogens (primary N) is 1. The normalized spacial score (nSPS) is 14.1. The predicted octanol–water partition coefficient (Wildman–Crippen LogP) is 1.46. The Hall–Kier alpha value is -0.570. The number of esters is 1. The maximum Gasteiger partial charge on any atom is 0.303 e. The molecule has 72 valence electrons. The Morgan fingerprint density at radius 3 is 2.42 bits per heavy atom. The number of carbonyl (C=O) groups is 1. The van der Waals surface area contributed by atoms with Crippen LogP contribution in [0.15, 0.2) is 0 Å². The monoisotopic (exact) mass is 173 g/mol. The number of hydrogen-bond donors (Lipinski definition) is 1. The molecule has 0 saturated carbocycles. The first-order chi connectivity index (χ1) is 5.40. The second kappa shape index (κ2) is 4.45. The molecule has 0 fully saturated rings. The third-order valence-electron chi connectivity index (χ3n) is 1.90. The molecule has 3 nitrogen and oxygen atoms in total. The molecule has 3 heteroatoms. The van der Waals surface area contributed by atoms with Gasteiger partial charge in [0.2, 0.25) is 0 Å². The van der Waals surface area contributed by atoms with Gasteiger partial charge >= 0.3 is 5.97 Å².